The van der Waals surface area contributed by atoms with E-state index < -0.39 is 11.6 Å². The molecule has 1 aromatic rings. The highest BCUT2D eigenvalue weighted by atomic mass is 19.2. The number of hydrogen-bond acceptors (Lipinski definition) is 0. The summed E-state index contributed by atoms with van der Waals surface area (Å²) in [6.45, 7) is 6.01. The van der Waals surface area contributed by atoms with E-state index in [1.807, 2.05) is 6.07 Å². The molecule has 0 amide bonds. The molecule has 1 aromatic carbocycles. The predicted octanol–water partition coefficient (Wildman–Crippen LogP) is 8.99. The van der Waals surface area contributed by atoms with E-state index in [1.54, 1.807) is 6.08 Å². The molecule has 0 N–H and O–H groups in total. The molecule has 3 aliphatic rings. The molecule has 0 spiro atoms. The minimum atomic E-state index is -0.604. The SMILES string of the molecule is C=CCCc1cc2c(c(F)c1F)CC(C1CCC3CC(CCCCCC)CCC3C1)CC2. The summed E-state index contributed by atoms with van der Waals surface area (Å²) < 4.78 is 29.6. The molecular weight excluding hydrogens is 398 g/mol. The first kappa shape index (κ1) is 24.0. The zero-order chi connectivity index (χ0) is 22.5. The van der Waals surface area contributed by atoms with Gasteiger partial charge in [-0.25, -0.2) is 8.78 Å². The molecule has 2 heteroatoms. The molecule has 0 saturated heterocycles. The lowest BCUT2D eigenvalue weighted by Gasteiger charge is -2.45. The highest BCUT2D eigenvalue weighted by molar-refractivity contribution is 5.37. The first-order valence-corrected chi connectivity index (χ1v) is 13.7. The summed E-state index contributed by atoms with van der Waals surface area (Å²) in [7, 11) is 0. The molecule has 32 heavy (non-hydrogen) atoms. The fourth-order valence-electron chi connectivity index (χ4n) is 7.34. The third-order valence-electron chi connectivity index (χ3n) is 9.24. The number of fused-ring (bicyclic) bond motifs is 2. The van der Waals surface area contributed by atoms with Gasteiger partial charge in [-0.15, -0.1) is 6.58 Å². The minimum absolute atomic E-state index is 0.534. The van der Waals surface area contributed by atoms with Gasteiger partial charge in [0, 0.05) is 0 Å². The average Bonchev–Trinajstić information content (AvgIpc) is 2.82. The Kier molecular flexibility index (Phi) is 8.46. The second-order valence-electron chi connectivity index (χ2n) is 11.3. The third-order valence-corrected chi connectivity index (χ3v) is 9.24. The molecule has 2 saturated carbocycles. The van der Waals surface area contributed by atoms with Crippen LogP contribution < -0.4 is 0 Å². The molecule has 0 radical (unpaired) electrons. The maximum atomic E-state index is 15.0. The molecular formula is C30H44F2. The van der Waals surface area contributed by atoms with Gasteiger partial charge in [-0.1, -0.05) is 57.6 Å². The highest BCUT2D eigenvalue weighted by Crippen LogP contribution is 2.49. The zero-order valence-electron chi connectivity index (χ0n) is 20.3. The van der Waals surface area contributed by atoms with Gasteiger partial charge in [-0.05, 0) is 110 Å². The van der Waals surface area contributed by atoms with Gasteiger partial charge in [0.1, 0.15) is 0 Å². The van der Waals surface area contributed by atoms with Crippen LogP contribution in [0.1, 0.15) is 107 Å². The van der Waals surface area contributed by atoms with Crippen LogP contribution in [0.2, 0.25) is 0 Å². The van der Waals surface area contributed by atoms with Crippen LogP contribution in [0, 0.1) is 41.2 Å². The van der Waals surface area contributed by atoms with Gasteiger partial charge < -0.3 is 0 Å². The van der Waals surface area contributed by atoms with Gasteiger partial charge >= 0.3 is 0 Å². The topological polar surface area (TPSA) is 0 Å². The van der Waals surface area contributed by atoms with Crippen LogP contribution in [0.5, 0.6) is 0 Å². The largest absolute Gasteiger partial charge is 0.203 e. The molecule has 3 aliphatic carbocycles. The van der Waals surface area contributed by atoms with Crippen LogP contribution in [0.15, 0.2) is 18.7 Å². The summed E-state index contributed by atoms with van der Waals surface area (Å²) in [4.78, 5) is 0. The lowest BCUT2D eigenvalue weighted by molar-refractivity contribution is 0.0686. The second kappa shape index (κ2) is 11.3. The van der Waals surface area contributed by atoms with Crippen molar-refractivity contribution in [3.63, 3.8) is 0 Å². The molecule has 178 valence electrons. The normalized spacial score (nSPS) is 29.9. The zero-order valence-corrected chi connectivity index (χ0v) is 20.3. The van der Waals surface area contributed by atoms with E-state index in [9.17, 15) is 8.78 Å². The van der Waals surface area contributed by atoms with Gasteiger partial charge in [0.25, 0.3) is 0 Å². The summed E-state index contributed by atoms with van der Waals surface area (Å²) in [6, 6.07) is 1.95. The number of allylic oxidation sites excluding steroid dienone is 1. The Balaban J connectivity index is 1.33. The molecule has 0 bridgehead atoms. The Labute approximate surface area is 195 Å². The van der Waals surface area contributed by atoms with E-state index >= 15 is 0 Å². The number of unbranched alkanes of at least 4 members (excludes halogenated alkanes) is 3. The van der Waals surface area contributed by atoms with Crippen molar-refractivity contribution in [2.45, 2.75) is 110 Å². The molecule has 5 atom stereocenters. The van der Waals surface area contributed by atoms with Crippen molar-refractivity contribution < 1.29 is 8.78 Å². The summed E-state index contributed by atoms with van der Waals surface area (Å²) >= 11 is 0. The van der Waals surface area contributed by atoms with Crippen molar-refractivity contribution >= 4 is 0 Å². The van der Waals surface area contributed by atoms with Gasteiger partial charge in [-0.2, -0.15) is 0 Å². The van der Waals surface area contributed by atoms with E-state index in [-0.39, 0.29) is 0 Å². The van der Waals surface area contributed by atoms with E-state index in [1.165, 1.54) is 70.6 Å². The smallest absolute Gasteiger partial charge is 0.162 e. The third kappa shape index (κ3) is 5.48. The number of rotatable bonds is 9. The lowest BCUT2D eigenvalue weighted by Crippen LogP contribution is -2.35. The van der Waals surface area contributed by atoms with Crippen molar-refractivity contribution in [3.05, 3.63) is 47.0 Å². The highest BCUT2D eigenvalue weighted by Gasteiger charge is 2.39. The Morgan fingerprint density at radius 2 is 1.66 bits per heavy atom. The van der Waals surface area contributed by atoms with Crippen LogP contribution in [-0.4, -0.2) is 0 Å². The quantitative estimate of drug-likeness (QED) is 0.264. The fraction of sp³-hybridized carbons (Fsp3) is 0.733. The van der Waals surface area contributed by atoms with E-state index in [2.05, 4.69) is 13.5 Å². The van der Waals surface area contributed by atoms with Gasteiger partial charge in [0.2, 0.25) is 0 Å². The van der Waals surface area contributed by atoms with Crippen molar-refractivity contribution in [1.82, 2.24) is 0 Å². The molecule has 5 unspecified atom stereocenters. The number of benzene rings is 1. The first-order valence-electron chi connectivity index (χ1n) is 13.7. The summed E-state index contributed by atoms with van der Waals surface area (Å²) in [6.07, 6.45) is 21.2. The maximum Gasteiger partial charge on any atom is 0.162 e. The Hall–Kier alpha value is -1.18. The van der Waals surface area contributed by atoms with E-state index in [4.69, 9.17) is 0 Å². The summed E-state index contributed by atoms with van der Waals surface area (Å²) in [5.41, 5.74) is 2.29. The molecule has 0 aliphatic heterocycles. The molecule has 0 nitrogen and oxygen atoms in total. The molecule has 2 fully saturated rings. The van der Waals surface area contributed by atoms with Crippen LogP contribution in [0.25, 0.3) is 0 Å². The second-order valence-corrected chi connectivity index (χ2v) is 11.3. The Morgan fingerprint density at radius 1 is 0.906 bits per heavy atom. The number of halogens is 2. The van der Waals surface area contributed by atoms with Crippen molar-refractivity contribution in [1.29, 1.82) is 0 Å². The Bertz CT molecular complexity index is 767. The number of aryl methyl sites for hydroxylation is 2. The minimum Gasteiger partial charge on any atom is -0.203 e. The van der Waals surface area contributed by atoms with Crippen LogP contribution in [0.4, 0.5) is 8.78 Å². The van der Waals surface area contributed by atoms with E-state index in [0.717, 1.165) is 42.6 Å². The van der Waals surface area contributed by atoms with Crippen LogP contribution >= 0.6 is 0 Å². The maximum absolute atomic E-state index is 15.0. The molecule has 4 rings (SSSR count). The fourth-order valence-corrected chi connectivity index (χ4v) is 7.34. The van der Waals surface area contributed by atoms with Crippen molar-refractivity contribution in [3.8, 4) is 0 Å². The lowest BCUT2D eigenvalue weighted by atomic mass is 9.60. The molecule has 0 aromatic heterocycles. The Morgan fingerprint density at radius 3 is 2.44 bits per heavy atom. The average molecular weight is 443 g/mol. The predicted molar refractivity (Wildman–Crippen MR) is 131 cm³/mol. The van der Waals surface area contributed by atoms with Gasteiger partial charge in [0.15, 0.2) is 11.6 Å². The monoisotopic (exact) mass is 442 g/mol. The van der Waals surface area contributed by atoms with Crippen LogP contribution in [0.3, 0.4) is 0 Å². The summed E-state index contributed by atoms with van der Waals surface area (Å²) in [5, 5.41) is 0. The standard InChI is InChI=1S/C30H44F2/c1-3-5-7-8-9-21-11-12-23-18-24(14-13-22(23)17-21)25-15-16-26-19-27(10-6-4-2)29(31)30(32)28(26)20-25/h4,19,21-25H,2-3,5-18,20H2,1H3. The van der Waals surface area contributed by atoms with Gasteiger partial charge in [0.05, 0.1) is 0 Å². The molecule has 0 heterocycles. The van der Waals surface area contributed by atoms with Crippen molar-refractivity contribution in [2.75, 3.05) is 0 Å². The first-order chi connectivity index (χ1) is 15.6. The van der Waals surface area contributed by atoms with Gasteiger partial charge in [-0.3, -0.25) is 0 Å². The van der Waals surface area contributed by atoms with E-state index in [0.29, 0.717) is 35.8 Å². The van der Waals surface area contributed by atoms with Crippen molar-refractivity contribution in [2.24, 2.45) is 29.6 Å². The summed E-state index contributed by atoms with van der Waals surface area (Å²) in [5.74, 6) is 2.91. The van der Waals surface area contributed by atoms with Crippen LogP contribution in [-0.2, 0) is 19.3 Å². The number of hydrogen-bond donors (Lipinski definition) is 0.